The molecule has 0 spiro atoms. The molecule has 1 aliphatic rings. The molecule has 1 aliphatic heterocycles. The lowest BCUT2D eigenvalue weighted by Crippen LogP contribution is -2.50. The molecule has 2 aromatic rings. The van der Waals surface area contributed by atoms with Gasteiger partial charge in [0.2, 0.25) is 5.91 Å². The second-order valence-corrected chi connectivity index (χ2v) is 8.10. The molecule has 7 heteroatoms. The van der Waals surface area contributed by atoms with Crippen LogP contribution in [0.2, 0.25) is 10.0 Å². The number of hydrogen-bond acceptors (Lipinski definition) is 3. The minimum Gasteiger partial charge on any atom is -0.493 e. The Labute approximate surface area is 174 Å². The van der Waals surface area contributed by atoms with Crippen LogP contribution in [0.1, 0.15) is 29.6 Å². The molecule has 2 aromatic carbocycles. The van der Waals surface area contributed by atoms with Crippen LogP contribution < -0.4 is 10.5 Å². The van der Waals surface area contributed by atoms with Crippen molar-refractivity contribution in [3.8, 4) is 5.75 Å². The highest BCUT2D eigenvalue weighted by Gasteiger charge is 2.39. The van der Waals surface area contributed by atoms with Crippen molar-refractivity contribution in [1.29, 1.82) is 0 Å². The van der Waals surface area contributed by atoms with Crippen LogP contribution in [0.25, 0.3) is 0 Å². The van der Waals surface area contributed by atoms with E-state index < -0.39 is 11.3 Å². The molecule has 28 heavy (non-hydrogen) atoms. The standard InChI is InChI=1S/C21H22Cl2N2O3/c22-16-4-2-15(3-5-16)20(27)25-11-1-10-21(13-25,12-19(24)26)14-28-18-8-6-17(23)7-9-18/h2-9H,1,10-14H2,(H2,24,26). The van der Waals surface area contributed by atoms with Crippen molar-refractivity contribution in [2.75, 3.05) is 19.7 Å². The lowest BCUT2D eigenvalue weighted by molar-refractivity contribution is -0.122. The Balaban J connectivity index is 1.75. The second kappa shape index (κ2) is 8.84. The van der Waals surface area contributed by atoms with Crippen molar-refractivity contribution >= 4 is 35.0 Å². The van der Waals surface area contributed by atoms with E-state index in [9.17, 15) is 9.59 Å². The molecule has 3 rings (SSSR count). The van der Waals surface area contributed by atoms with Crippen molar-refractivity contribution < 1.29 is 14.3 Å². The number of ether oxygens (including phenoxy) is 1. The average Bonchev–Trinajstić information content (AvgIpc) is 2.67. The summed E-state index contributed by atoms with van der Waals surface area (Å²) in [6, 6.07) is 13.8. The molecule has 0 aliphatic carbocycles. The lowest BCUT2D eigenvalue weighted by Gasteiger charge is -2.42. The van der Waals surface area contributed by atoms with E-state index in [4.69, 9.17) is 33.7 Å². The van der Waals surface area contributed by atoms with Gasteiger partial charge in [-0.3, -0.25) is 9.59 Å². The van der Waals surface area contributed by atoms with Crippen LogP contribution in [0.3, 0.4) is 0 Å². The van der Waals surface area contributed by atoms with Gasteiger partial charge in [0, 0.05) is 40.5 Å². The number of piperidine rings is 1. The third kappa shape index (κ3) is 5.18. The first kappa shape index (κ1) is 20.5. The van der Waals surface area contributed by atoms with Crippen molar-refractivity contribution in [2.45, 2.75) is 19.3 Å². The molecule has 0 radical (unpaired) electrons. The molecule has 5 nitrogen and oxygen atoms in total. The molecule has 1 fully saturated rings. The van der Waals surface area contributed by atoms with Crippen LogP contribution in [-0.2, 0) is 4.79 Å². The minimum absolute atomic E-state index is 0.0864. The summed E-state index contributed by atoms with van der Waals surface area (Å²) in [7, 11) is 0. The maximum absolute atomic E-state index is 12.9. The molecule has 2 amide bonds. The molecule has 148 valence electrons. The molecular weight excluding hydrogens is 399 g/mol. The summed E-state index contributed by atoms with van der Waals surface area (Å²) in [5.41, 5.74) is 5.56. The Hall–Kier alpha value is -2.24. The maximum atomic E-state index is 12.9. The number of carbonyl (C=O) groups is 2. The van der Waals surface area contributed by atoms with Crippen molar-refractivity contribution in [2.24, 2.45) is 11.1 Å². The van der Waals surface area contributed by atoms with Gasteiger partial charge in [0.15, 0.2) is 0 Å². The molecule has 1 atom stereocenters. The van der Waals surface area contributed by atoms with E-state index in [1.807, 2.05) is 0 Å². The van der Waals surface area contributed by atoms with Crippen LogP contribution in [0.4, 0.5) is 0 Å². The van der Waals surface area contributed by atoms with Gasteiger partial charge in [0.05, 0.1) is 6.61 Å². The summed E-state index contributed by atoms with van der Waals surface area (Å²) in [6.07, 6.45) is 1.69. The van der Waals surface area contributed by atoms with Crippen LogP contribution in [-0.4, -0.2) is 36.4 Å². The third-order valence-corrected chi connectivity index (χ3v) is 5.45. The van der Waals surface area contributed by atoms with E-state index in [1.54, 1.807) is 53.4 Å². The van der Waals surface area contributed by atoms with Gasteiger partial charge in [-0.1, -0.05) is 23.2 Å². The quantitative estimate of drug-likeness (QED) is 0.761. The monoisotopic (exact) mass is 420 g/mol. The van der Waals surface area contributed by atoms with E-state index in [1.165, 1.54) is 0 Å². The number of halogens is 2. The Morgan fingerprint density at radius 3 is 2.25 bits per heavy atom. The first-order valence-corrected chi connectivity index (χ1v) is 9.84. The SMILES string of the molecule is NC(=O)CC1(COc2ccc(Cl)cc2)CCCN(C(=O)c2ccc(Cl)cc2)C1. The molecule has 1 unspecified atom stereocenters. The number of nitrogens with zero attached hydrogens (tertiary/aromatic N) is 1. The summed E-state index contributed by atoms with van der Waals surface area (Å²) in [5, 5.41) is 1.20. The number of carbonyl (C=O) groups excluding carboxylic acids is 2. The van der Waals surface area contributed by atoms with Gasteiger partial charge in [-0.25, -0.2) is 0 Å². The summed E-state index contributed by atoms with van der Waals surface area (Å²) >= 11 is 11.8. The van der Waals surface area contributed by atoms with Gasteiger partial charge >= 0.3 is 0 Å². The Morgan fingerprint density at radius 1 is 1.04 bits per heavy atom. The molecular formula is C21H22Cl2N2O3. The van der Waals surface area contributed by atoms with Gasteiger partial charge in [-0.15, -0.1) is 0 Å². The number of primary amides is 1. The Morgan fingerprint density at radius 2 is 1.64 bits per heavy atom. The zero-order chi connectivity index (χ0) is 20.1. The summed E-state index contributed by atoms with van der Waals surface area (Å²) < 4.78 is 5.93. The number of benzene rings is 2. The van der Waals surface area contributed by atoms with Crippen LogP contribution in [0.15, 0.2) is 48.5 Å². The van der Waals surface area contributed by atoms with E-state index in [0.29, 0.717) is 41.1 Å². The Bertz CT molecular complexity index is 840. The van der Waals surface area contributed by atoms with Gasteiger partial charge in [-0.05, 0) is 61.4 Å². The van der Waals surface area contributed by atoms with Crippen LogP contribution >= 0.6 is 23.2 Å². The normalized spacial score (nSPS) is 19.3. The van der Waals surface area contributed by atoms with Gasteiger partial charge < -0.3 is 15.4 Å². The average molecular weight is 421 g/mol. The first-order valence-electron chi connectivity index (χ1n) is 9.08. The highest BCUT2D eigenvalue weighted by molar-refractivity contribution is 6.30. The smallest absolute Gasteiger partial charge is 0.253 e. The lowest BCUT2D eigenvalue weighted by atomic mass is 9.77. The number of likely N-dealkylation sites (tertiary alicyclic amines) is 1. The molecule has 0 aromatic heterocycles. The summed E-state index contributed by atoms with van der Waals surface area (Å²) in [4.78, 5) is 26.4. The van der Waals surface area contributed by atoms with E-state index in [0.717, 1.165) is 12.8 Å². The van der Waals surface area contributed by atoms with E-state index >= 15 is 0 Å². The fourth-order valence-corrected chi connectivity index (χ4v) is 3.86. The number of amides is 2. The topological polar surface area (TPSA) is 72.6 Å². The van der Waals surface area contributed by atoms with E-state index in [2.05, 4.69) is 0 Å². The van der Waals surface area contributed by atoms with Crippen molar-refractivity contribution in [3.63, 3.8) is 0 Å². The predicted octanol–water partition coefficient (Wildman–Crippen LogP) is 4.17. The largest absolute Gasteiger partial charge is 0.493 e. The molecule has 0 bridgehead atoms. The van der Waals surface area contributed by atoms with Crippen molar-refractivity contribution in [1.82, 2.24) is 4.90 Å². The summed E-state index contributed by atoms with van der Waals surface area (Å²) in [6.45, 7) is 1.33. The Kier molecular flexibility index (Phi) is 6.47. The number of rotatable bonds is 6. The van der Waals surface area contributed by atoms with E-state index in [-0.39, 0.29) is 12.3 Å². The van der Waals surface area contributed by atoms with Crippen molar-refractivity contribution in [3.05, 3.63) is 64.1 Å². The molecule has 2 N–H and O–H groups in total. The minimum atomic E-state index is -0.522. The highest BCUT2D eigenvalue weighted by Crippen LogP contribution is 2.35. The predicted molar refractivity (Wildman–Crippen MR) is 110 cm³/mol. The highest BCUT2D eigenvalue weighted by atomic mass is 35.5. The third-order valence-electron chi connectivity index (χ3n) is 4.95. The number of nitrogens with two attached hydrogens (primary N) is 1. The van der Waals surface area contributed by atoms with Gasteiger partial charge in [0.25, 0.3) is 5.91 Å². The van der Waals surface area contributed by atoms with Gasteiger partial charge in [0.1, 0.15) is 5.75 Å². The zero-order valence-electron chi connectivity index (χ0n) is 15.4. The first-order chi connectivity index (χ1) is 13.4. The molecule has 0 saturated carbocycles. The molecule has 1 saturated heterocycles. The fourth-order valence-electron chi connectivity index (χ4n) is 3.61. The summed E-state index contributed by atoms with van der Waals surface area (Å²) in [5.74, 6) is 0.173. The maximum Gasteiger partial charge on any atom is 0.253 e. The molecule has 1 heterocycles. The second-order valence-electron chi connectivity index (χ2n) is 7.22. The number of hydrogen-bond donors (Lipinski definition) is 1. The fraction of sp³-hybridized carbons (Fsp3) is 0.333. The van der Waals surface area contributed by atoms with Gasteiger partial charge in [-0.2, -0.15) is 0 Å². The van der Waals surface area contributed by atoms with Crippen LogP contribution in [0.5, 0.6) is 5.75 Å². The zero-order valence-corrected chi connectivity index (χ0v) is 16.9. The van der Waals surface area contributed by atoms with Crippen LogP contribution in [0, 0.1) is 5.41 Å².